The molecule has 1 aliphatic heterocycles. The summed E-state index contributed by atoms with van der Waals surface area (Å²) in [6, 6.07) is 30.6. The Bertz CT molecular complexity index is 1250. The Kier molecular flexibility index (Phi) is 7.87. The molecule has 4 aromatic rings. The number of amides is 1. The smallest absolute Gasteiger partial charge is 0.224 e. The third-order valence-corrected chi connectivity index (χ3v) is 6.98. The first-order valence-electron chi connectivity index (χ1n) is 12.8. The van der Waals surface area contributed by atoms with Crippen LogP contribution in [0.3, 0.4) is 0 Å². The largest absolute Gasteiger partial charge is 0.497 e. The predicted octanol–water partition coefficient (Wildman–Crippen LogP) is 5.18. The average Bonchev–Trinajstić information content (AvgIpc) is 3.49. The topological polar surface area (TPSA) is 58.0 Å². The maximum atomic E-state index is 12.8. The molecule has 0 radical (unpaired) electrons. The van der Waals surface area contributed by atoms with Gasteiger partial charge in [-0.25, -0.2) is 0 Å². The van der Waals surface area contributed by atoms with Crippen molar-refractivity contribution >= 4 is 11.6 Å². The summed E-state index contributed by atoms with van der Waals surface area (Å²) in [6.07, 6.45) is 2.05. The van der Waals surface area contributed by atoms with E-state index in [9.17, 15) is 4.79 Å². The van der Waals surface area contributed by atoms with E-state index in [0.29, 0.717) is 13.0 Å². The summed E-state index contributed by atoms with van der Waals surface area (Å²) < 4.78 is 11.1. The van der Waals surface area contributed by atoms with Crippen molar-refractivity contribution < 1.29 is 13.9 Å². The van der Waals surface area contributed by atoms with Crippen molar-refractivity contribution in [2.24, 2.45) is 0 Å². The Morgan fingerprint density at radius 2 is 1.57 bits per heavy atom. The van der Waals surface area contributed by atoms with E-state index in [-0.39, 0.29) is 11.9 Å². The zero-order valence-corrected chi connectivity index (χ0v) is 21.2. The van der Waals surface area contributed by atoms with Gasteiger partial charge in [-0.3, -0.25) is 9.69 Å². The Morgan fingerprint density at radius 1 is 0.865 bits per heavy atom. The van der Waals surface area contributed by atoms with E-state index < -0.39 is 0 Å². The molecule has 0 bridgehead atoms. The standard InChI is InChI=1S/C31H33N3O3/c1-36-28-15-13-27(14-16-28)33-17-19-34(20-18-33)29(30-8-5-21-37-30)23-32-31(35)22-24-9-11-26(12-10-24)25-6-3-2-4-7-25/h2-16,21,29H,17-20,22-23H2,1H3,(H,32,35). The van der Waals surface area contributed by atoms with Crippen LogP contribution in [0.1, 0.15) is 17.4 Å². The molecule has 1 atom stereocenters. The number of piperazine rings is 1. The second kappa shape index (κ2) is 11.8. The summed E-state index contributed by atoms with van der Waals surface area (Å²) in [5, 5.41) is 3.15. The summed E-state index contributed by atoms with van der Waals surface area (Å²) in [5.74, 6) is 1.76. The molecule has 1 saturated heterocycles. The Morgan fingerprint density at radius 3 is 2.22 bits per heavy atom. The molecular formula is C31H33N3O3. The molecule has 1 aliphatic rings. The highest BCUT2D eigenvalue weighted by molar-refractivity contribution is 5.79. The molecule has 2 heterocycles. The van der Waals surface area contributed by atoms with Gasteiger partial charge in [0, 0.05) is 38.4 Å². The molecule has 0 saturated carbocycles. The minimum Gasteiger partial charge on any atom is -0.497 e. The maximum Gasteiger partial charge on any atom is 0.224 e. The molecule has 6 nitrogen and oxygen atoms in total. The zero-order chi connectivity index (χ0) is 25.5. The molecule has 3 aromatic carbocycles. The number of carbonyl (C=O) groups is 1. The number of hydrogen-bond donors (Lipinski definition) is 1. The van der Waals surface area contributed by atoms with E-state index in [1.54, 1.807) is 13.4 Å². The quantitative estimate of drug-likeness (QED) is 0.347. The van der Waals surface area contributed by atoms with E-state index in [1.165, 1.54) is 11.3 Å². The first-order chi connectivity index (χ1) is 18.2. The summed E-state index contributed by atoms with van der Waals surface area (Å²) in [7, 11) is 1.68. The lowest BCUT2D eigenvalue weighted by Gasteiger charge is -2.39. The van der Waals surface area contributed by atoms with Crippen LogP contribution in [0.2, 0.25) is 0 Å². The molecule has 1 aromatic heterocycles. The Labute approximate surface area is 218 Å². The highest BCUT2D eigenvalue weighted by Crippen LogP contribution is 2.26. The Hall–Kier alpha value is -4.03. The third-order valence-electron chi connectivity index (χ3n) is 6.98. The molecule has 37 heavy (non-hydrogen) atoms. The van der Waals surface area contributed by atoms with Crippen LogP contribution in [-0.2, 0) is 11.2 Å². The summed E-state index contributed by atoms with van der Waals surface area (Å²) >= 11 is 0. The molecule has 0 spiro atoms. The van der Waals surface area contributed by atoms with E-state index in [1.807, 2.05) is 54.6 Å². The van der Waals surface area contributed by atoms with Gasteiger partial charge in [0.15, 0.2) is 0 Å². The van der Waals surface area contributed by atoms with Gasteiger partial charge in [0.05, 0.1) is 25.8 Å². The van der Waals surface area contributed by atoms with Crippen LogP contribution in [0, 0.1) is 0 Å². The molecular weight excluding hydrogens is 462 g/mol. The molecule has 1 unspecified atom stereocenters. The van der Waals surface area contributed by atoms with Crippen molar-refractivity contribution in [3.63, 3.8) is 0 Å². The van der Waals surface area contributed by atoms with Crippen molar-refractivity contribution in [2.75, 3.05) is 44.7 Å². The van der Waals surface area contributed by atoms with Crippen molar-refractivity contribution in [3.8, 4) is 16.9 Å². The van der Waals surface area contributed by atoms with Gasteiger partial charge < -0.3 is 19.4 Å². The van der Waals surface area contributed by atoms with Gasteiger partial charge in [-0.2, -0.15) is 0 Å². The van der Waals surface area contributed by atoms with Crippen LogP contribution >= 0.6 is 0 Å². The Balaban J connectivity index is 1.17. The normalized spacial score (nSPS) is 14.8. The van der Waals surface area contributed by atoms with Crippen LogP contribution in [0.5, 0.6) is 5.75 Å². The van der Waals surface area contributed by atoms with Gasteiger partial charge in [0.1, 0.15) is 11.5 Å². The van der Waals surface area contributed by atoms with Gasteiger partial charge in [-0.1, -0.05) is 54.6 Å². The van der Waals surface area contributed by atoms with Crippen LogP contribution in [0.15, 0.2) is 102 Å². The number of nitrogens with one attached hydrogen (secondary N) is 1. The van der Waals surface area contributed by atoms with Gasteiger partial charge in [-0.05, 0) is 53.1 Å². The lowest BCUT2D eigenvalue weighted by Crippen LogP contribution is -2.50. The fourth-order valence-corrected chi connectivity index (χ4v) is 4.88. The van der Waals surface area contributed by atoms with E-state index in [0.717, 1.165) is 48.8 Å². The molecule has 0 aliphatic carbocycles. The number of benzene rings is 3. The number of hydrogen-bond acceptors (Lipinski definition) is 5. The third kappa shape index (κ3) is 6.22. The fourth-order valence-electron chi connectivity index (χ4n) is 4.88. The zero-order valence-electron chi connectivity index (χ0n) is 21.2. The van der Waals surface area contributed by atoms with E-state index in [4.69, 9.17) is 9.15 Å². The van der Waals surface area contributed by atoms with Crippen molar-refractivity contribution in [1.29, 1.82) is 0 Å². The lowest BCUT2D eigenvalue weighted by atomic mass is 10.0. The number of anilines is 1. The van der Waals surface area contributed by atoms with Crippen LogP contribution < -0.4 is 15.0 Å². The summed E-state index contributed by atoms with van der Waals surface area (Å²) in [4.78, 5) is 17.6. The van der Waals surface area contributed by atoms with Crippen LogP contribution in [0.4, 0.5) is 5.69 Å². The van der Waals surface area contributed by atoms with Gasteiger partial charge in [-0.15, -0.1) is 0 Å². The van der Waals surface area contributed by atoms with Crippen molar-refractivity contribution in [1.82, 2.24) is 10.2 Å². The summed E-state index contributed by atoms with van der Waals surface area (Å²) in [5.41, 5.74) is 4.52. The molecule has 6 heteroatoms. The molecule has 5 rings (SSSR count). The predicted molar refractivity (Wildman–Crippen MR) is 147 cm³/mol. The molecule has 1 fully saturated rings. The molecule has 190 valence electrons. The van der Waals surface area contributed by atoms with E-state index >= 15 is 0 Å². The SMILES string of the molecule is COc1ccc(N2CCN(C(CNC(=O)Cc3ccc(-c4ccccc4)cc3)c3ccco3)CC2)cc1. The van der Waals surface area contributed by atoms with Crippen molar-refractivity contribution in [3.05, 3.63) is 109 Å². The minimum atomic E-state index is -0.00239. The van der Waals surface area contributed by atoms with Gasteiger partial charge >= 0.3 is 0 Å². The first-order valence-corrected chi connectivity index (χ1v) is 12.8. The van der Waals surface area contributed by atoms with Gasteiger partial charge in [0.25, 0.3) is 0 Å². The molecule has 1 N–H and O–H groups in total. The van der Waals surface area contributed by atoms with E-state index in [2.05, 4.69) is 51.5 Å². The lowest BCUT2D eigenvalue weighted by molar-refractivity contribution is -0.120. The van der Waals surface area contributed by atoms with Crippen LogP contribution in [-0.4, -0.2) is 50.6 Å². The fraction of sp³-hybridized carbons (Fsp3) is 0.258. The molecule has 1 amide bonds. The second-order valence-corrected chi connectivity index (χ2v) is 9.30. The average molecular weight is 496 g/mol. The number of carbonyl (C=O) groups excluding carboxylic acids is 1. The second-order valence-electron chi connectivity index (χ2n) is 9.30. The summed E-state index contributed by atoms with van der Waals surface area (Å²) in [6.45, 7) is 4.09. The highest BCUT2D eigenvalue weighted by Gasteiger charge is 2.27. The number of nitrogens with zero attached hydrogens (tertiary/aromatic N) is 2. The maximum absolute atomic E-state index is 12.8. The first kappa shape index (κ1) is 24.7. The highest BCUT2D eigenvalue weighted by atomic mass is 16.5. The van der Waals surface area contributed by atoms with Crippen molar-refractivity contribution in [2.45, 2.75) is 12.5 Å². The monoisotopic (exact) mass is 495 g/mol. The number of ether oxygens (including phenoxy) is 1. The number of furan rings is 1. The number of methoxy groups -OCH3 is 1. The van der Waals surface area contributed by atoms with Gasteiger partial charge in [0.2, 0.25) is 5.91 Å². The van der Waals surface area contributed by atoms with Crippen LogP contribution in [0.25, 0.3) is 11.1 Å². The number of rotatable bonds is 9. The minimum absolute atomic E-state index is 0.00239.